The lowest BCUT2D eigenvalue weighted by molar-refractivity contribution is -0.137. The molecular formula is C19H22F3N3O. The maximum atomic E-state index is 12.7. The van der Waals surface area contributed by atoms with Gasteiger partial charge in [-0.3, -0.25) is 4.79 Å². The molecule has 0 saturated carbocycles. The number of benzene rings is 1. The Morgan fingerprint density at radius 2 is 1.81 bits per heavy atom. The van der Waals surface area contributed by atoms with Crippen molar-refractivity contribution in [1.82, 2.24) is 4.98 Å². The Morgan fingerprint density at radius 1 is 1.12 bits per heavy atom. The van der Waals surface area contributed by atoms with Crippen molar-refractivity contribution in [1.29, 1.82) is 0 Å². The summed E-state index contributed by atoms with van der Waals surface area (Å²) in [5.41, 5.74) is 0.339. The number of carbonyl (C=O) groups is 1. The fraction of sp³-hybridized carbons (Fsp3) is 0.368. The van der Waals surface area contributed by atoms with Crippen molar-refractivity contribution >= 4 is 17.3 Å². The van der Waals surface area contributed by atoms with Crippen molar-refractivity contribution < 1.29 is 18.0 Å². The SMILES string of the molecule is CCCN(CCC)c1ccc(C(=O)Nc2cccc(C(F)(F)F)c2)nc1. The van der Waals surface area contributed by atoms with Gasteiger partial charge < -0.3 is 10.2 Å². The summed E-state index contributed by atoms with van der Waals surface area (Å²) < 4.78 is 38.2. The number of carbonyl (C=O) groups excluding carboxylic acids is 1. The largest absolute Gasteiger partial charge is 0.416 e. The summed E-state index contributed by atoms with van der Waals surface area (Å²) in [7, 11) is 0. The maximum Gasteiger partial charge on any atom is 0.416 e. The predicted octanol–water partition coefficient (Wildman–Crippen LogP) is 4.98. The summed E-state index contributed by atoms with van der Waals surface area (Å²) in [6.45, 7) is 5.97. The van der Waals surface area contributed by atoms with Crippen molar-refractivity contribution in [2.75, 3.05) is 23.3 Å². The molecule has 0 unspecified atom stereocenters. The zero-order valence-electron chi connectivity index (χ0n) is 14.8. The summed E-state index contributed by atoms with van der Waals surface area (Å²) in [6.07, 6.45) is -0.843. The average molecular weight is 365 g/mol. The van der Waals surface area contributed by atoms with E-state index in [1.54, 1.807) is 18.3 Å². The first-order chi connectivity index (χ1) is 12.3. The quantitative estimate of drug-likeness (QED) is 0.753. The smallest absolute Gasteiger partial charge is 0.370 e. The molecule has 2 rings (SSSR count). The Labute approximate surface area is 151 Å². The highest BCUT2D eigenvalue weighted by molar-refractivity contribution is 6.03. The van der Waals surface area contributed by atoms with E-state index >= 15 is 0 Å². The number of nitrogens with one attached hydrogen (secondary N) is 1. The van der Waals surface area contributed by atoms with Gasteiger partial charge in [0, 0.05) is 18.8 Å². The Kier molecular flexibility index (Phi) is 6.60. The van der Waals surface area contributed by atoms with Crippen molar-refractivity contribution in [2.45, 2.75) is 32.9 Å². The van der Waals surface area contributed by atoms with E-state index in [0.717, 1.165) is 43.8 Å². The third-order valence-electron chi connectivity index (χ3n) is 3.78. The minimum Gasteiger partial charge on any atom is -0.370 e. The predicted molar refractivity (Wildman–Crippen MR) is 96.4 cm³/mol. The second kappa shape index (κ2) is 8.69. The van der Waals surface area contributed by atoms with Crippen LogP contribution in [0.2, 0.25) is 0 Å². The van der Waals surface area contributed by atoms with E-state index in [2.05, 4.69) is 29.0 Å². The van der Waals surface area contributed by atoms with Gasteiger partial charge in [-0.2, -0.15) is 13.2 Å². The molecule has 0 bridgehead atoms. The molecule has 1 amide bonds. The van der Waals surface area contributed by atoms with Gasteiger partial charge >= 0.3 is 6.18 Å². The van der Waals surface area contributed by atoms with Gasteiger partial charge in [-0.15, -0.1) is 0 Å². The molecule has 7 heteroatoms. The highest BCUT2D eigenvalue weighted by atomic mass is 19.4. The van der Waals surface area contributed by atoms with Gasteiger partial charge in [0.15, 0.2) is 0 Å². The molecule has 0 aliphatic heterocycles. The second-order valence-electron chi connectivity index (χ2n) is 5.92. The molecule has 0 spiro atoms. The number of amides is 1. The van der Waals surface area contributed by atoms with Crippen LogP contribution in [0.3, 0.4) is 0 Å². The Hall–Kier alpha value is -2.57. The molecule has 0 radical (unpaired) electrons. The Balaban J connectivity index is 2.11. The highest BCUT2D eigenvalue weighted by Crippen LogP contribution is 2.30. The fourth-order valence-corrected chi connectivity index (χ4v) is 2.59. The van der Waals surface area contributed by atoms with Crippen LogP contribution in [0.5, 0.6) is 0 Å². The van der Waals surface area contributed by atoms with Crippen LogP contribution >= 0.6 is 0 Å². The molecule has 0 aliphatic carbocycles. The lowest BCUT2D eigenvalue weighted by Gasteiger charge is -2.23. The number of pyridine rings is 1. The van der Waals surface area contributed by atoms with Crippen LogP contribution in [0.4, 0.5) is 24.5 Å². The first kappa shape index (κ1) is 19.8. The lowest BCUT2D eigenvalue weighted by Crippen LogP contribution is -2.25. The van der Waals surface area contributed by atoms with E-state index in [9.17, 15) is 18.0 Å². The van der Waals surface area contributed by atoms with Crippen molar-refractivity contribution in [3.05, 3.63) is 53.9 Å². The first-order valence-electron chi connectivity index (χ1n) is 8.54. The molecule has 4 nitrogen and oxygen atoms in total. The van der Waals surface area contributed by atoms with Gasteiger partial charge in [0.1, 0.15) is 5.69 Å². The Morgan fingerprint density at radius 3 is 2.35 bits per heavy atom. The summed E-state index contributed by atoms with van der Waals surface area (Å²) in [5.74, 6) is -0.548. The summed E-state index contributed by atoms with van der Waals surface area (Å²) in [4.78, 5) is 18.6. The molecule has 26 heavy (non-hydrogen) atoms. The van der Waals surface area contributed by atoms with Crippen LogP contribution < -0.4 is 10.2 Å². The molecule has 0 atom stereocenters. The van der Waals surface area contributed by atoms with Crippen LogP contribution in [-0.4, -0.2) is 24.0 Å². The molecular weight excluding hydrogens is 343 g/mol. The summed E-state index contributed by atoms with van der Waals surface area (Å²) >= 11 is 0. The molecule has 1 heterocycles. The third kappa shape index (κ3) is 5.21. The minimum absolute atomic E-state index is 0.0781. The molecule has 2 aromatic rings. The number of halogens is 3. The van der Waals surface area contributed by atoms with E-state index in [0.29, 0.717) is 0 Å². The molecule has 0 saturated heterocycles. The molecule has 0 aliphatic rings. The lowest BCUT2D eigenvalue weighted by atomic mass is 10.2. The number of alkyl halides is 3. The zero-order valence-corrected chi connectivity index (χ0v) is 14.8. The number of hydrogen-bond acceptors (Lipinski definition) is 3. The molecule has 1 aromatic carbocycles. The second-order valence-corrected chi connectivity index (χ2v) is 5.92. The molecule has 1 N–H and O–H groups in total. The van der Waals surface area contributed by atoms with E-state index in [4.69, 9.17) is 0 Å². The van der Waals surface area contributed by atoms with Gasteiger partial charge in [0.2, 0.25) is 0 Å². The Bertz CT molecular complexity index is 724. The average Bonchev–Trinajstić information content (AvgIpc) is 2.61. The summed E-state index contributed by atoms with van der Waals surface area (Å²) in [6, 6.07) is 7.90. The zero-order chi connectivity index (χ0) is 19.2. The first-order valence-corrected chi connectivity index (χ1v) is 8.54. The standard InChI is InChI=1S/C19H22F3N3O/c1-3-10-25(11-4-2)16-8-9-17(23-13-16)18(26)24-15-7-5-6-14(12-15)19(20,21)22/h5-9,12-13H,3-4,10-11H2,1-2H3,(H,24,26). The minimum atomic E-state index is -4.46. The fourth-order valence-electron chi connectivity index (χ4n) is 2.59. The van der Waals surface area contributed by atoms with E-state index in [-0.39, 0.29) is 11.4 Å². The molecule has 1 aromatic heterocycles. The van der Waals surface area contributed by atoms with Crippen LogP contribution in [0.15, 0.2) is 42.6 Å². The number of anilines is 2. The number of rotatable bonds is 7. The van der Waals surface area contributed by atoms with Crippen molar-refractivity contribution in [3.63, 3.8) is 0 Å². The van der Waals surface area contributed by atoms with E-state index in [1.807, 2.05) is 0 Å². The maximum absolute atomic E-state index is 12.7. The molecule has 0 fully saturated rings. The summed E-state index contributed by atoms with van der Waals surface area (Å²) in [5, 5.41) is 2.45. The van der Waals surface area contributed by atoms with Crippen LogP contribution in [0.1, 0.15) is 42.7 Å². The number of nitrogens with zero attached hydrogens (tertiary/aromatic N) is 2. The van der Waals surface area contributed by atoms with Gasteiger partial charge in [-0.25, -0.2) is 4.98 Å². The van der Waals surface area contributed by atoms with Gasteiger partial charge in [0.05, 0.1) is 17.4 Å². The van der Waals surface area contributed by atoms with Gasteiger partial charge in [0.25, 0.3) is 5.91 Å². The van der Waals surface area contributed by atoms with E-state index in [1.165, 1.54) is 12.1 Å². The van der Waals surface area contributed by atoms with Crippen LogP contribution in [0.25, 0.3) is 0 Å². The molecule has 140 valence electrons. The van der Waals surface area contributed by atoms with Gasteiger partial charge in [-0.1, -0.05) is 19.9 Å². The van der Waals surface area contributed by atoms with Crippen LogP contribution in [-0.2, 0) is 6.18 Å². The monoisotopic (exact) mass is 365 g/mol. The third-order valence-corrected chi connectivity index (χ3v) is 3.78. The van der Waals surface area contributed by atoms with Crippen molar-refractivity contribution in [2.24, 2.45) is 0 Å². The number of aromatic nitrogens is 1. The van der Waals surface area contributed by atoms with Gasteiger partial charge in [-0.05, 0) is 43.2 Å². The van der Waals surface area contributed by atoms with E-state index < -0.39 is 17.6 Å². The van der Waals surface area contributed by atoms with Crippen molar-refractivity contribution in [3.8, 4) is 0 Å². The number of hydrogen-bond donors (Lipinski definition) is 1. The van der Waals surface area contributed by atoms with Crippen LogP contribution in [0, 0.1) is 0 Å². The highest BCUT2D eigenvalue weighted by Gasteiger charge is 2.30. The topological polar surface area (TPSA) is 45.2 Å². The normalized spacial score (nSPS) is 11.3.